The molecule has 0 bridgehead atoms. The van der Waals surface area contributed by atoms with Crippen molar-refractivity contribution in [2.45, 2.75) is 71.1 Å². The molecular formula is C20H27F3O2. The molecule has 140 valence electrons. The van der Waals surface area contributed by atoms with Gasteiger partial charge in [-0.1, -0.05) is 45.4 Å². The second-order valence-corrected chi connectivity index (χ2v) is 7.04. The number of esters is 1. The quantitative estimate of drug-likeness (QED) is 0.241. The van der Waals surface area contributed by atoms with Crippen molar-refractivity contribution in [2.75, 3.05) is 0 Å². The van der Waals surface area contributed by atoms with Crippen LogP contribution < -0.4 is 4.74 Å². The zero-order valence-corrected chi connectivity index (χ0v) is 14.8. The summed E-state index contributed by atoms with van der Waals surface area (Å²) in [6.07, 6.45) is 11.0. The molecular weight excluding hydrogens is 329 g/mol. The van der Waals surface area contributed by atoms with E-state index >= 15 is 0 Å². The molecule has 1 aliphatic carbocycles. The first-order valence-electron chi connectivity index (χ1n) is 9.37. The summed E-state index contributed by atoms with van der Waals surface area (Å²) in [7, 11) is 0. The van der Waals surface area contributed by atoms with E-state index in [1.807, 2.05) is 0 Å². The SMILES string of the molecule is CCCCCCCC1CCC(C(=O)Oc2cc(F)c(F)c(F)c2)CC1. The molecule has 0 heterocycles. The van der Waals surface area contributed by atoms with Crippen molar-refractivity contribution < 1.29 is 22.7 Å². The van der Waals surface area contributed by atoms with Crippen molar-refractivity contribution in [2.24, 2.45) is 11.8 Å². The van der Waals surface area contributed by atoms with Gasteiger partial charge >= 0.3 is 5.97 Å². The normalized spacial score (nSPS) is 20.5. The highest BCUT2D eigenvalue weighted by atomic mass is 19.2. The summed E-state index contributed by atoms with van der Waals surface area (Å²) in [5.41, 5.74) is 0. The Hall–Kier alpha value is -1.52. The summed E-state index contributed by atoms with van der Waals surface area (Å²) in [5, 5.41) is 0. The number of unbranched alkanes of at least 4 members (excludes halogenated alkanes) is 4. The molecule has 0 N–H and O–H groups in total. The molecule has 0 amide bonds. The van der Waals surface area contributed by atoms with E-state index in [0.717, 1.165) is 25.7 Å². The summed E-state index contributed by atoms with van der Waals surface area (Å²) in [6.45, 7) is 2.20. The fraction of sp³-hybridized carbons (Fsp3) is 0.650. The lowest BCUT2D eigenvalue weighted by atomic mass is 9.80. The summed E-state index contributed by atoms with van der Waals surface area (Å²) in [4.78, 5) is 12.2. The van der Waals surface area contributed by atoms with Crippen LogP contribution in [0.5, 0.6) is 5.75 Å². The van der Waals surface area contributed by atoms with Crippen LogP contribution in [0.3, 0.4) is 0 Å². The van der Waals surface area contributed by atoms with Crippen molar-refractivity contribution in [1.82, 2.24) is 0 Å². The summed E-state index contributed by atoms with van der Waals surface area (Å²) < 4.78 is 44.3. The number of rotatable bonds is 8. The Labute approximate surface area is 147 Å². The molecule has 2 nitrogen and oxygen atoms in total. The standard InChI is InChI=1S/C20H27F3O2/c1-2-3-4-5-6-7-14-8-10-15(11-9-14)20(24)25-16-12-17(21)19(23)18(22)13-16/h12-15H,2-11H2,1H3. The summed E-state index contributed by atoms with van der Waals surface area (Å²) >= 11 is 0. The fourth-order valence-electron chi connectivity index (χ4n) is 3.51. The highest BCUT2D eigenvalue weighted by Gasteiger charge is 2.28. The Kier molecular flexibility index (Phi) is 7.79. The fourth-order valence-corrected chi connectivity index (χ4v) is 3.51. The Morgan fingerprint density at radius 3 is 2.20 bits per heavy atom. The molecule has 2 rings (SSSR count). The maximum absolute atomic E-state index is 13.2. The van der Waals surface area contributed by atoms with E-state index in [9.17, 15) is 18.0 Å². The third kappa shape index (κ3) is 6.05. The van der Waals surface area contributed by atoms with Gasteiger partial charge in [0.2, 0.25) is 0 Å². The van der Waals surface area contributed by atoms with E-state index in [0.29, 0.717) is 18.1 Å². The van der Waals surface area contributed by atoms with Gasteiger partial charge in [-0.05, 0) is 31.6 Å². The predicted octanol–water partition coefficient (Wildman–Crippen LogP) is 6.18. The van der Waals surface area contributed by atoms with Gasteiger partial charge in [-0.2, -0.15) is 0 Å². The largest absolute Gasteiger partial charge is 0.426 e. The van der Waals surface area contributed by atoms with Gasteiger partial charge < -0.3 is 4.74 Å². The molecule has 0 saturated heterocycles. The molecule has 25 heavy (non-hydrogen) atoms. The zero-order valence-electron chi connectivity index (χ0n) is 14.8. The van der Waals surface area contributed by atoms with E-state index in [-0.39, 0.29) is 11.7 Å². The predicted molar refractivity (Wildman–Crippen MR) is 90.8 cm³/mol. The van der Waals surface area contributed by atoms with Gasteiger partial charge in [0.1, 0.15) is 5.75 Å². The number of ether oxygens (including phenoxy) is 1. The van der Waals surface area contributed by atoms with Crippen molar-refractivity contribution in [3.05, 3.63) is 29.6 Å². The average molecular weight is 356 g/mol. The average Bonchev–Trinajstić information content (AvgIpc) is 2.60. The van der Waals surface area contributed by atoms with Gasteiger partial charge in [-0.3, -0.25) is 4.79 Å². The van der Waals surface area contributed by atoms with E-state index in [4.69, 9.17) is 4.74 Å². The monoisotopic (exact) mass is 356 g/mol. The molecule has 0 unspecified atom stereocenters. The topological polar surface area (TPSA) is 26.3 Å². The van der Waals surface area contributed by atoms with E-state index in [2.05, 4.69) is 6.92 Å². The van der Waals surface area contributed by atoms with Crippen LogP contribution in [0.25, 0.3) is 0 Å². The molecule has 1 fully saturated rings. The first kappa shape index (κ1) is 19.8. The third-order valence-electron chi connectivity index (χ3n) is 5.07. The Balaban J connectivity index is 1.74. The van der Waals surface area contributed by atoms with Gasteiger partial charge in [0.05, 0.1) is 5.92 Å². The Bertz CT molecular complexity index is 543. The highest BCUT2D eigenvalue weighted by Crippen LogP contribution is 2.33. The lowest BCUT2D eigenvalue weighted by Gasteiger charge is -2.27. The van der Waals surface area contributed by atoms with Crippen LogP contribution in [-0.4, -0.2) is 5.97 Å². The molecule has 1 aromatic rings. The Morgan fingerprint density at radius 2 is 1.60 bits per heavy atom. The highest BCUT2D eigenvalue weighted by molar-refractivity contribution is 5.75. The molecule has 1 aromatic carbocycles. The van der Waals surface area contributed by atoms with Gasteiger partial charge in [0, 0.05) is 12.1 Å². The summed E-state index contributed by atoms with van der Waals surface area (Å²) in [6, 6.07) is 1.41. The Morgan fingerprint density at radius 1 is 1.00 bits per heavy atom. The van der Waals surface area contributed by atoms with Crippen molar-refractivity contribution >= 4 is 5.97 Å². The van der Waals surface area contributed by atoms with Gasteiger partial charge in [0.15, 0.2) is 17.5 Å². The van der Waals surface area contributed by atoms with Crippen LogP contribution >= 0.6 is 0 Å². The molecule has 1 aliphatic rings. The number of carbonyl (C=O) groups is 1. The van der Waals surface area contributed by atoms with E-state index in [1.54, 1.807) is 0 Å². The summed E-state index contributed by atoms with van der Waals surface area (Å²) in [5.74, 6) is -4.60. The molecule has 0 aliphatic heterocycles. The van der Waals surface area contributed by atoms with Gasteiger partial charge in [0.25, 0.3) is 0 Å². The van der Waals surface area contributed by atoms with Crippen LogP contribution in [0.4, 0.5) is 13.2 Å². The second kappa shape index (κ2) is 9.83. The van der Waals surface area contributed by atoms with Crippen LogP contribution in [-0.2, 0) is 4.79 Å². The number of halogens is 3. The lowest BCUT2D eigenvalue weighted by Crippen LogP contribution is -2.25. The smallest absolute Gasteiger partial charge is 0.314 e. The van der Waals surface area contributed by atoms with Crippen molar-refractivity contribution in [1.29, 1.82) is 0 Å². The molecule has 1 saturated carbocycles. The van der Waals surface area contributed by atoms with Gasteiger partial charge in [-0.25, -0.2) is 13.2 Å². The first-order chi connectivity index (χ1) is 12.0. The molecule has 5 heteroatoms. The van der Waals surface area contributed by atoms with Crippen molar-refractivity contribution in [3.8, 4) is 5.75 Å². The molecule has 0 aromatic heterocycles. The number of hydrogen-bond donors (Lipinski definition) is 0. The zero-order chi connectivity index (χ0) is 18.2. The minimum absolute atomic E-state index is 0.243. The van der Waals surface area contributed by atoms with E-state index < -0.39 is 23.4 Å². The van der Waals surface area contributed by atoms with Gasteiger partial charge in [-0.15, -0.1) is 0 Å². The first-order valence-corrected chi connectivity index (χ1v) is 9.37. The minimum atomic E-state index is -1.56. The van der Waals surface area contributed by atoms with Crippen LogP contribution in [0, 0.1) is 29.3 Å². The second-order valence-electron chi connectivity index (χ2n) is 7.04. The molecule has 0 spiro atoms. The third-order valence-corrected chi connectivity index (χ3v) is 5.07. The maximum Gasteiger partial charge on any atom is 0.314 e. The van der Waals surface area contributed by atoms with Crippen LogP contribution in [0.1, 0.15) is 71.1 Å². The minimum Gasteiger partial charge on any atom is -0.426 e. The molecule has 0 atom stereocenters. The van der Waals surface area contributed by atoms with E-state index in [1.165, 1.54) is 38.5 Å². The lowest BCUT2D eigenvalue weighted by molar-refractivity contribution is -0.140. The molecule has 0 radical (unpaired) electrons. The number of benzene rings is 1. The van der Waals surface area contributed by atoms with Crippen molar-refractivity contribution in [3.63, 3.8) is 0 Å². The number of hydrogen-bond acceptors (Lipinski definition) is 2. The number of carbonyl (C=O) groups excluding carboxylic acids is 1. The maximum atomic E-state index is 13.2. The van der Waals surface area contributed by atoms with Crippen LogP contribution in [0.15, 0.2) is 12.1 Å². The van der Waals surface area contributed by atoms with Crippen LogP contribution in [0.2, 0.25) is 0 Å².